The Morgan fingerprint density at radius 1 is 1.06 bits per heavy atom. The molecule has 3 rings (SSSR count). The average molecular weight is 511 g/mol. The van der Waals surface area contributed by atoms with Crippen LogP contribution in [0.2, 0.25) is 0 Å². The summed E-state index contributed by atoms with van der Waals surface area (Å²) in [5, 5.41) is 16.1. The molecule has 0 aromatic heterocycles. The molecule has 0 bridgehead atoms. The van der Waals surface area contributed by atoms with Gasteiger partial charge in [-0.25, -0.2) is 0 Å². The van der Waals surface area contributed by atoms with Crippen LogP contribution in [-0.2, 0) is 28.4 Å². The quantitative estimate of drug-likeness (QED) is 0.305. The van der Waals surface area contributed by atoms with Crippen molar-refractivity contribution in [2.75, 3.05) is 20.3 Å². The summed E-state index contributed by atoms with van der Waals surface area (Å²) in [4.78, 5) is 13.3. The zero-order valence-corrected chi connectivity index (χ0v) is 20.1. The van der Waals surface area contributed by atoms with Crippen LogP contribution in [0.1, 0.15) is 62.6 Å². The van der Waals surface area contributed by atoms with Gasteiger partial charge in [-0.3, -0.25) is 4.79 Å². The fourth-order valence-electron chi connectivity index (χ4n) is 5.45. The summed E-state index contributed by atoms with van der Waals surface area (Å²) in [5.41, 5.74) is -4.06. The Bertz CT molecular complexity index is 877. The molecule has 1 aliphatic carbocycles. The molecule has 2 aliphatic rings. The second kappa shape index (κ2) is 9.89. The molecule has 11 heteroatoms. The highest BCUT2D eigenvalue weighted by atomic mass is 19.4. The van der Waals surface area contributed by atoms with Gasteiger partial charge in [0.1, 0.15) is 0 Å². The van der Waals surface area contributed by atoms with Crippen molar-refractivity contribution in [3.05, 3.63) is 40.1 Å². The highest BCUT2D eigenvalue weighted by Crippen LogP contribution is 2.48. The van der Waals surface area contributed by atoms with E-state index in [1.807, 2.05) is 13.8 Å². The van der Waals surface area contributed by atoms with Gasteiger partial charge in [0.2, 0.25) is 5.91 Å². The molecular formula is C24H32F6N2O3. The van der Waals surface area contributed by atoms with E-state index < -0.39 is 46.0 Å². The highest BCUT2D eigenvalue weighted by molar-refractivity contribution is 5.83. The monoisotopic (exact) mass is 510 g/mol. The van der Waals surface area contributed by atoms with E-state index in [0.29, 0.717) is 57.5 Å². The van der Waals surface area contributed by atoms with Crippen molar-refractivity contribution < 1.29 is 40.5 Å². The lowest BCUT2D eigenvalue weighted by Crippen LogP contribution is -2.56. The van der Waals surface area contributed by atoms with Crippen molar-refractivity contribution in [1.82, 2.24) is 5.32 Å². The largest absolute Gasteiger partial charge is 0.633 e. The van der Waals surface area contributed by atoms with Crippen molar-refractivity contribution in [2.45, 2.75) is 76.9 Å². The number of quaternary nitrogens is 1. The van der Waals surface area contributed by atoms with E-state index in [2.05, 4.69) is 5.32 Å². The molecule has 1 saturated carbocycles. The van der Waals surface area contributed by atoms with E-state index in [4.69, 9.17) is 4.74 Å². The van der Waals surface area contributed by atoms with Crippen molar-refractivity contribution in [3.8, 4) is 0 Å². The maximum Gasteiger partial charge on any atom is 0.416 e. The van der Waals surface area contributed by atoms with Crippen molar-refractivity contribution >= 4 is 5.91 Å². The van der Waals surface area contributed by atoms with Gasteiger partial charge in [0.15, 0.2) is 0 Å². The number of carbonyl (C=O) groups is 1. The first-order valence-corrected chi connectivity index (χ1v) is 11.8. The first-order chi connectivity index (χ1) is 16.1. The summed E-state index contributed by atoms with van der Waals surface area (Å²) in [5.74, 6) is -0.623. The number of carbonyl (C=O) groups excluding carboxylic acids is 1. The normalized spacial score (nSPS) is 26.1. The van der Waals surface area contributed by atoms with Gasteiger partial charge in [0, 0.05) is 32.2 Å². The summed E-state index contributed by atoms with van der Waals surface area (Å²) in [6, 6.07) is 0.839. The SMILES string of the molecule is CC(C)[C@]1(C(=O)NCc2cc(C(F)(F)F)cc(C(F)(F)F)c2)CCC([N+](C)([O-])C2CCOCC2)C1. The summed E-state index contributed by atoms with van der Waals surface area (Å²) in [6.45, 7) is 4.24. The predicted octanol–water partition coefficient (Wildman–Crippen LogP) is 5.66. The molecule has 1 heterocycles. The third kappa shape index (κ3) is 5.94. The van der Waals surface area contributed by atoms with Gasteiger partial charge in [-0.1, -0.05) is 13.8 Å². The number of hydrogen-bond donors (Lipinski definition) is 1. The minimum absolute atomic E-state index is 0.0613. The number of hydroxylamine groups is 3. The van der Waals surface area contributed by atoms with Gasteiger partial charge in [-0.05, 0) is 36.1 Å². The first-order valence-electron chi connectivity index (χ1n) is 11.8. The zero-order valence-electron chi connectivity index (χ0n) is 20.1. The van der Waals surface area contributed by atoms with Gasteiger partial charge in [0.25, 0.3) is 0 Å². The Labute approximate surface area is 201 Å². The maximum atomic E-state index is 13.6. The Hall–Kier alpha value is -1.85. The fourth-order valence-corrected chi connectivity index (χ4v) is 5.45. The van der Waals surface area contributed by atoms with Gasteiger partial charge < -0.3 is 19.9 Å². The topological polar surface area (TPSA) is 61.4 Å². The molecule has 0 radical (unpaired) electrons. The summed E-state index contributed by atoms with van der Waals surface area (Å²) in [7, 11) is 1.62. The lowest BCUT2D eigenvalue weighted by atomic mass is 9.74. The number of hydrogen-bond acceptors (Lipinski definition) is 3. The fraction of sp³-hybridized carbons (Fsp3) is 0.708. The minimum atomic E-state index is -4.96. The van der Waals surface area contributed by atoms with E-state index in [1.165, 1.54) is 0 Å². The smallest absolute Gasteiger partial charge is 0.416 e. The Morgan fingerprint density at radius 2 is 1.60 bits per heavy atom. The number of benzene rings is 1. The number of nitrogens with one attached hydrogen (secondary N) is 1. The van der Waals surface area contributed by atoms with E-state index in [0.717, 1.165) is 0 Å². The third-order valence-electron chi connectivity index (χ3n) is 7.82. The van der Waals surface area contributed by atoms with E-state index in [1.54, 1.807) is 7.05 Å². The summed E-state index contributed by atoms with van der Waals surface area (Å²) >= 11 is 0. The number of nitrogens with zero attached hydrogens (tertiary/aromatic N) is 1. The van der Waals surface area contributed by atoms with Crippen molar-refractivity contribution in [2.24, 2.45) is 11.3 Å². The van der Waals surface area contributed by atoms with E-state index >= 15 is 0 Å². The average Bonchev–Trinajstić information content (AvgIpc) is 3.25. The maximum absolute atomic E-state index is 13.6. The van der Waals surface area contributed by atoms with Gasteiger partial charge in [-0.15, -0.1) is 0 Å². The molecule has 35 heavy (non-hydrogen) atoms. The van der Waals surface area contributed by atoms with Gasteiger partial charge >= 0.3 is 12.4 Å². The van der Waals surface area contributed by atoms with Crippen LogP contribution in [0.15, 0.2) is 18.2 Å². The molecule has 3 atom stereocenters. The number of ether oxygens (including phenoxy) is 1. The van der Waals surface area contributed by atoms with Crippen LogP contribution in [0.5, 0.6) is 0 Å². The molecule has 2 fully saturated rings. The standard InChI is InChI=1S/C24H32F6N2O3/c1-15(2)22(7-4-20(13-22)32(3,34)19-5-8-35-9-6-19)21(33)31-14-16-10-17(23(25,26)27)12-18(11-16)24(28,29)30/h10-12,15,19-20H,4-9,13-14H2,1-3H3,(H,31,33)/t20?,22-,32?/m0/s1. The highest BCUT2D eigenvalue weighted by Gasteiger charge is 2.52. The Balaban J connectivity index is 1.78. The van der Waals surface area contributed by atoms with Crippen LogP contribution in [0.3, 0.4) is 0 Å². The number of amides is 1. The summed E-state index contributed by atoms with van der Waals surface area (Å²) in [6.07, 6.45) is -7.40. The molecule has 1 aliphatic heterocycles. The minimum Gasteiger partial charge on any atom is -0.633 e. The second-order valence-electron chi connectivity index (χ2n) is 10.2. The van der Waals surface area contributed by atoms with Crippen molar-refractivity contribution in [1.29, 1.82) is 0 Å². The molecule has 1 amide bonds. The molecule has 0 spiro atoms. The summed E-state index contributed by atoms with van der Waals surface area (Å²) < 4.78 is 83.8. The number of alkyl halides is 6. The van der Waals surface area contributed by atoms with Crippen LogP contribution < -0.4 is 5.32 Å². The van der Waals surface area contributed by atoms with E-state index in [-0.39, 0.29) is 29.6 Å². The molecule has 1 aromatic rings. The van der Waals surface area contributed by atoms with Gasteiger partial charge in [0.05, 0.1) is 48.9 Å². The lowest BCUT2D eigenvalue weighted by Gasteiger charge is -2.51. The van der Waals surface area contributed by atoms with Crippen LogP contribution in [0.25, 0.3) is 0 Å². The molecule has 1 N–H and O–H groups in total. The predicted molar refractivity (Wildman–Crippen MR) is 117 cm³/mol. The molecule has 2 unspecified atom stereocenters. The van der Waals surface area contributed by atoms with Crippen molar-refractivity contribution in [3.63, 3.8) is 0 Å². The molecule has 1 aromatic carbocycles. The third-order valence-corrected chi connectivity index (χ3v) is 7.82. The lowest BCUT2D eigenvalue weighted by molar-refractivity contribution is -0.912. The Kier molecular flexibility index (Phi) is 7.84. The van der Waals surface area contributed by atoms with E-state index in [9.17, 15) is 36.3 Å². The first kappa shape index (κ1) is 27.7. The van der Waals surface area contributed by atoms with Gasteiger partial charge in [-0.2, -0.15) is 26.3 Å². The second-order valence-corrected chi connectivity index (χ2v) is 10.2. The molecular weight excluding hydrogens is 478 g/mol. The molecule has 5 nitrogen and oxygen atoms in total. The number of rotatable bonds is 6. The number of halogens is 6. The van der Waals surface area contributed by atoms with Crippen LogP contribution in [-0.4, -0.2) is 42.9 Å². The van der Waals surface area contributed by atoms with Crippen LogP contribution >= 0.6 is 0 Å². The van der Waals surface area contributed by atoms with Crippen LogP contribution in [0, 0.1) is 16.5 Å². The van der Waals surface area contributed by atoms with Crippen LogP contribution in [0.4, 0.5) is 26.3 Å². The zero-order chi connectivity index (χ0) is 26.2. The Morgan fingerprint density at radius 3 is 2.09 bits per heavy atom. The molecule has 1 saturated heterocycles. The molecule has 198 valence electrons.